The number of fused-ring (bicyclic) bond motifs is 6. The van der Waals surface area contributed by atoms with Gasteiger partial charge in [-0.3, -0.25) is 0 Å². The van der Waals surface area contributed by atoms with Crippen LogP contribution in [0.25, 0.3) is 21.5 Å². The minimum Gasteiger partial charge on any atom is -1.00 e. The maximum Gasteiger partial charge on any atom is 0.208 e. The molecule has 3 aliphatic rings. The fourth-order valence-corrected chi connectivity index (χ4v) is 7.45. The number of allylic oxidation sites excluding steroid dienone is 8. The number of likely N-dealkylation sites (N-methyl/N-ethyl adjacent to an activating group) is 1. The predicted octanol–water partition coefficient (Wildman–Crippen LogP) is 5.35. The van der Waals surface area contributed by atoms with Gasteiger partial charge < -0.3 is 28.9 Å². The van der Waals surface area contributed by atoms with E-state index in [1.165, 1.54) is 73.0 Å². The van der Waals surface area contributed by atoms with Crippen LogP contribution in [0.2, 0.25) is 0 Å². The van der Waals surface area contributed by atoms with Crippen LogP contribution in [0.4, 0.5) is 11.4 Å². The van der Waals surface area contributed by atoms with Crippen LogP contribution >= 0.6 is 0 Å². The average Bonchev–Trinajstić information content (AvgIpc) is 3.35. The highest BCUT2D eigenvalue weighted by Gasteiger charge is 2.41. The number of nitrogens with one attached hydrogen (secondary N) is 1. The van der Waals surface area contributed by atoms with E-state index in [0.29, 0.717) is 0 Å². The van der Waals surface area contributed by atoms with Crippen molar-refractivity contribution in [3.63, 3.8) is 0 Å². The molecule has 0 atom stereocenters. The van der Waals surface area contributed by atoms with Crippen molar-refractivity contribution in [1.82, 2.24) is 0 Å². The monoisotopic (exact) mass is 662 g/mol. The van der Waals surface area contributed by atoms with Gasteiger partial charge in [0, 0.05) is 41.6 Å². The zero-order valence-corrected chi connectivity index (χ0v) is 27.4. The third-order valence-corrected chi connectivity index (χ3v) is 9.61. The topological polar surface area (TPSA) is 17.2 Å². The van der Waals surface area contributed by atoms with Crippen molar-refractivity contribution in [3.05, 3.63) is 131 Å². The molecule has 7 rings (SSSR count). The van der Waals surface area contributed by atoms with Gasteiger partial charge in [0.2, 0.25) is 5.69 Å². The molecule has 2 heterocycles. The molecule has 0 unspecified atom stereocenters. The molecule has 2 aliphatic heterocycles. The van der Waals surface area contributed by atoms with Gasteiger partial charge in [0.05, 0.1) is 5.41 Å². The van der Waals surface area contributed by atoms with Crippen LogP contribution in [-0.2, 0) is 10.8 Å². The van der Waals surface area contributed by atoms with Gasteiger partial charge >= 0.3 is 0 Å². The maximum absolute atomic E-state index is 3.74. The molecule has 0 radical (unpaired) electrons. The predicted molar refractivity (Wildman–Crippen MR) is 175 cm³/mol. The van der Waals surface area contributed by atoms with Gasteiger partial charge in [0.25, 0.3) is 0 Å². The lowest BCUT2D eigenvalue weighted by Crippen LogP contribution is -3.00. The minimum absolute atomic E-state index is 0. The van der Waals surface area contributed by atoms with Gasteiger partial charge in [-0.05, 0) is 89.6 Å². The van der Waals surface area contributed by atoms with E-state index >= 15 is 0 Å². The highest BCUT2D eigenvalue weighted by atomic mass is 127. The van der Waals surface area contributed by atoms with Crippen molar-refractivity contribution in [2.24, 2.45) is 0 Å². The molecule has 3 heteroatoms. The Morgan fingerprint density at radius 1 is 0.714 bits per heavy atom. The Morgan fingerprint density at radius 3 is 2.12 bits per heavy atom. The van der Waals surface area contributed by atoms with Gasteiger partial charge in [0.1, 0.15) is 0 Å². The Labute approximate surface area is 267 Å². The first-order valence-electron chi connectivity index (χ1n) is 15.0. The molecule has 4 aromatic carbocycles. The summed E-state index contributed by atoms with van der Waals surface area (Å²) >= 11 is 0. The van der Waals surface area contributed by atoms with E-state index in [-0.39, 0.29) is 34.8 Å². The van der Waals surface area contributed by atoms with E-state index < -0.39 is 0 Å². The standard InChI is InChI=1S/C39H38N2.HI/c1-38(2)34(40-32-21-19-28-13-6-8-15-30(28)36(32)38)23-17-26-11-10-12-27(25-26)18-24-35-39(3,4)37-31-16-9-7-14-29(31)20-22-33(37)41(35)5;/h6-9,13-25H,10-12H2,1-5H3;1H/b23-17+,27-18+,35-24+;. The van der Waals surface area contributed by atoms with Gasteiger partial charge in [-0.15, -0.1) is 0 Å². The lowest BCUT2D eigenvalue weighted by molar-refractivity contribution is -0.349. The molecule has 4 aromatic rings. The van der Waals surface area contributed by atoms with E-state index in [4.69, 9.17) is 0 Å². The number of anilines is 1. The van der Waals surface area contributed by atoms with Crippen LogP contribution in [0.5, 0.6) is 0 Å². The normalized spacial score (nSPS) is 20.6. The molecule has 1 N–H and O–H groups in total. The molecule has 2 nitrogen and oxygen atoms in total. The molecule has 0 spiro atoms. The number of nitrogens with zero attached hydrogens (tertiary/aromatic N) is 1. The second-order valence-corrected chi connectivity index (χ2v) is 12.9. The smallest absolute Gasteiger partial charge is 0.208 e. The molecule has 0 aromatic heterocycles. The summed E-state index contributed by atoms with van der Waals surface area (Å²) in [7, 11) is 2.21. The first kappa shape index (κ1) is 28.7. The third kappa shape index (κ3) is 4.57. The molecule has 0 bridgehead atoms. The van der Waals surface area contributed by atoms with Crippen molar-refractivity contribution < 1.29 is 29.0 Å². The van der Waals surface area contributed by atoms with Crippen molar-refractivity contribution >= 4 is 38.6 Å². The summed E-state index contributed by atoms with van der Waals surface area (Å²) in [5.74, 6) is 0. The number of benzene rings is 4. The number of hydrogen-bond donors (Lipinski definition) is 1. The molecule has 0 amide bonds. The molecular formula is C39H39IN2. The van der Waals surface area contributed by atoms with E-state index in [1.54, 1.807) is 0 Å². The molecule has 1 aliphatic carbocycles. The highest BCUT2D eigenvalue weighted by molar-refractivity contribution is 6.07. The summed E-state index contributed by atoms with van der Waals surface area (Å²) in [6, 6.07) is 26.5. The van der Waals surface area contributed by atoms with Crippen LogP contribution in [0, 0.1) is 0 Å². The SMILES string of the molecule is CN1/C(=C/C=C2C=C(/C=C/C3=[NH+]c4ccc5ccccc5c4C3(C)C)CCC/2)C(C)(C)c2c1ccc1ccccc21.[I-]. The molecule has 42 heavy (non-hydrogen) atoms. The lowest BCUT2D eigenvalue weighted by Gasteiger charge is -2.24. The molecule has 212 valence electrons. The summed E-state index contributed by atoms with van der Waals surface area (Å²) in [5, 5.41) is 5.32. The fraction of sp³-hybridized carbons (Fsp3) is 0.256. The molecule has 0 saturated carbocycles. The Bertz CT molecular complexity index is 1880. The summed E-state index contributed by atoms with van der Waals surface area (Å²) in [4.78, 5) is 6.13. The Kier molecular flexibility index (Phi) is 7.29. The molecular weight excluding hydrogens is 623 g/mol. The van der Waals surface area contributed by atoms with Crippen molar-refractivity contribution in [2.75, 3.05) is 11.9 Å². The number of rotatable bonds is 3. The second-order valence-electron chi connectivity index (χ2n) is 12.9. The Morgan fingerprint density at radius 2 is 1.38 bits per heavy atom. The molecule has 0 saturated heterocycles. The van der Waals surface area contributed by atoms with Crippen molar-refractivity contribution in [2.45, 2.75) is 57.8 Å². The van der Waals surface area contributed by atoms with Crippen LogP contribution in [0.3, 0.4) is 0 Å². The van der Waals surface area contributed by atoms with Crippen molar-refractivity contribution in [3.8, 4) is 0 Å². The van der Waals surface area contributed by atoms with Crippen LogP contribution < -0.4 is 33.9 Å². The Balaban J connectivity index is 0.00000316. The quantitative estimate of drug-likeness (QED) is 0.293. The molecule has 0 fully saturated rings. The van der Waals surface area contributed by atoms with E-state index in [1.807, 2.05) is 0 Å². The third-order valence-electron chi connectivity index (χ3n) is 9.61. The van der Waals surface area contributed by atoms with E-state index in [2.05, 4.69) is 148 Å². The van der Waals surface area contributed by atoms with Crippen molar-refractivity contribution in [1.29, 1.82) is 0 Å². The van der Waals surface area contributed by atoms with Gasteiger partial charge in [-0.2, -0.15) is 0 Å². The lowest BCUT2D eigenvalue weighted by atomic mass is 9.79. The first-order chi connectivity index (χ1) is 19.7. The Hall–Kier alpha value is -3.44. The number of halogens is 1. The summed E-state index contributed by atoms with van der Waals surface area (Å²) < 4.78 is 0. The van der Waals surface area contributed by atoms with Gasteiger partial charge in [0.15, 0.2) is 5.71 Å². The first-order valence-corrected chi connectivity index (χ1v) is 15.0. The largest absolute Gasteiger partial charge is 1.00 e. The summed E-state index contributed by atoms with van der Waals surface area (Å²) in [5.41, 5.74) is 10.7. The second kappa shape index (κ2) is 10.7. The number of hydrogen-bond acceptors (Lipinski definition) is 1. The minimum atomic E-state index is -0.0666. The van der Waals surface area contributed by atoms with E-state index in [0.717, 1.165) is 12.8 Å². The highest BCUT2D eigenvalue weighted by Crippen LogP contribution is 2.50. The zero-order valence-electron chi connectivity index (χ0n) is 25.3. The zero-order chi connectivity index (χ0) is 28.4. The van der Waals surface area contributed by atoms with Gasteiger partial charge in [-0.1, -0.05) is 86.7 Å². The van der Waals surface area contributed by atoms with E-state index in [9.17, 15) is 0 Å². The van der Waals surface area contributed by atoms with Crippen LogP contribution in [0.1, 0.15) is 58.1 Å². The fourth-order valence-electron chi connectivity index (χ4n) is 7.45. The summed E-state index contributed by atoms with van der Waals surface area (Å²) in [6.07, 6.45) is 15.2. The average molecular weight is 663 g/mol. The van der Waals surface area contributed by atoms with Crippen LogP contribution in [0.15, 0.2) is 120 Å². The summed E-state index contributed by atoms with van der Waals surface area (Å²) in [6.45, 7) is 9.41. The van der Waals surface area contributed by atoms with Crippen LogP contribution in [-0.4, -0.2) is 12.8 Å². The van der Waals surface area contributed by atoms with Gasteiger partial charge in [-0.25, -0.2) is 4.99 Å². The maximum atomic E-state index is 3.74.